The molecule has 2 N–H and O–H groups in total. The zero-order valence-electron chi connectivity index (χ0n) is 16.7. The minimum Gasteiger partial charge on any atom is -0.490 e. The molecule has 0 spiro atoms. The van der Waals surface area contributed by atoms with Crippen LogP contribution in [-0.2, 0) is 13.1 Å². The van der Waals surface area contributed by atoms with Crippen molar-refractivity contribution >= 4 is 40.9 Å². The number of guanidine groups is 1. The van der Waals surface area contributed by atoms with Gasteiger partial charge in [0.25, 0.3) is 0 Å². The monoisotopic (exact) mass is 531 g/mol. The Balaban J connectivity index is 0.00000320. The maximum Gasteiger partial charge on any atom is 0.387 e. The number of benzene rings is 2. The van der Waals surface area contributed by atoms with Crippen LogP contribution in [0.25, 0.3) is 11.0 Å². The van der Waals surface area contributed by atoms with Crippen molar-refractivity contribution in [3.8, 4) is 11.5 Å². The average Bonchev–Trinajstić information content (AvgIpc) is 3.13. The summed E-state index contributed by atoms with van der Waals surface area (Å²) < 4.78 is 41.5. The Morgan fingerprint density at radius 3 is 2.57 bits per heavy atom. The van der Waals surface area contributed by atoms with E-state index in [-0.39, 0.29) is 42.0 Å². The smallest absolute Gasteiger partial charge is 0.387 e. The van der Waals surface area contributed by atoms with Crippen molar-refractivity contribution in [3.05, 3.63) is 59.9 Å². The minimum atomic E-state index is -2.94. The predicted molar refractivity (Wildman–Crippen MR) is 123 cm³/mol. The second-order valence-corrected chi connectivity index (χ2v) is 6.09. The number of furan rings is 1. The van der Waals surface area contributed by atoms with Gasteiger partial charge < -0.3 is 24.5 Å². The molecule has 30 heavy (non-hydrogen) atoms. The normalized spacial score (nSPS) is 11.3. The molecule has 0 aliphatic carbocycles. The van der Waals surface area contributed by atoms with Gasteiger partial charge in [-0.2, -0.15) is 8.78 Å². The standard InChI is InChI=1S/C21H23F2N3O3.HI/c1-3-27-18-10-6-8-15(19(18)29-20(22)23)12-25-21(24-2)26-13-16-11-14-7-4-5-9-17(14)28-16;/h4-11,20H,3,12-13H2,1-2H3,(H2,24,25,26);1H. The van der Waals surface area contributed by atoms with Crippen LogP contribution in [0.5, 0.6) is 11.5 Å². The van der Waals surface area contributed by atoms with Crippen LogP contribution in [0.15, 0.2) is 57.9 Å². The quantitative estimate of drug-likeness (QED) is 0.246. The van der Waals surface area contributed by atoms with Gasteiger partial charge in [-0.05, 0) is 25.1 Å². The van der Waals surface area contributed by atoms with E-state index in [0.717, 1.165) is 16.7 Å². The number of halogens is 3. The van der Waals surface area contributed by atoms with Gasteiger partial charge in [-0.1, -0.05) is 30.3 Å². The lowest BCUT2D eigenvalue weighted by atomic mass is 10.2. The van der Waals surface area contributed by atoms with Gasteiger partial charge in [-0.25, -0.2) is 0 Å². The van der Waals surface area contributed by atoms with Crippen LogP contribution in [0.3, 0.4) is 0 Å². The summed E-state index contributed by atoms with van der Waals surface area (Å²) in [6.45, 7) is -0.171. The van der Waals surface area contributed by atoms with E-state index in [1.807, 2.05) is 30.3 Å². The van der Waals surface area contributed by atoms with E-state index in [9.17, 15) is 8.78 Å². The Morgan fingerprint density at radius 1 is 1.10 bits per heavy atom. The molecule has 1 aromatic heterocycles. The molecule has 3 rings (SSSR count). The fraction of sp³-hybridized carbons (Fsp3) is 0.286. The number of ether oxygens (including phenoxy) is 2. The Labute approximate surface area is 190 Å². The molecule has 0 saturated heterocycles. The first-order chi connectivity index (χ1) is 14.1. The van der Waals surface area contributed by atoms with E-state index < -0.39 is 6.61 Å². The molecule has 3 aromatic rings. The van der Waals surface area contributed by atoms with Gasteiger partial charge >= 0.3 is 6.61 Å². The fourth-order valence-corrected chi connectivity index (χ4v) is 2.89. The number of fused-ring (bicyclic) bond motifs is 1. The minimum absolute atomic E-state index is 0. The molecule has 0 saturated carbocycles. The molecule has 0 amide bonds. The molecule has 0 unspecified atom stereocenters. The van der Waals surface area contributed by atoms with Crippen molar-refractivity contribution < 1.29 is 22.7 Å². The first-order valence-electron chi connectivity index (χ1n) is 9.22. The largest absolute Gasteiger partial charge is 0.490 e. The number of hydrogen-bond donors (Lipinski definition) is 2. The zero-order valence-corrected chi connectivity index (χ0v) is 19.0. The average molecular weight is 531 g/mol. The Morgan fingerprint density at radius 2 is 1.87 bits per heavy atom. The van der Waals surface area contributed by atoms with Crippen LogP contribution < -0.4 is 20.1 Å². The third kappa shape index (κ3) is 6.22. The summed E-state index contributed by atoms with van der Waals surface area (Å²) in [7, 11) is 1.63. The van der Waals surface area contributed by atoms with Crippen LogP contribution in [0, 0.1) is 0 Å². The van der Waals surface area contributed by atoms with E-state index in [0.29, 0.717) is 24.7 Å². The lowest BCUT2D eigenvalue weighted by Gasteiger charge is -2.17. The highest BCUT2D eigenvalue weighted by Gasteiger charge is 2.16. The van der Waals surface area contributed by atoms with Gasteiger partial charge in [-0.15, -0.1) is 24.0 Å². The first kappa shape index (κ1) is 23.7. The molecule has 1 heterocycles. The molecular weight excluding hydrogens is 507 g/mol. The van der Waals surface area contributed by atoms with Crippen molar-refractivity contribution in [1.29, 1.82) is 0 Å². The van der Waals surface area contributed by atoms with Crippen LogP contribution in [0.4, 0.5) is 8.78 Å². The molecule has 0 bridgehead atoms. The summed E-state index contributed by atoms with van der Waals surface area (Å²) in [6.07, 6.45) is 0. The van der Waals surface area contributed by atoms with Crippen molar-refractivity contribution in [3.63, 3.8) is 0 Å². The number of nitrogens with zero attached hydrogens (tertiary/aromatic N) is 1. The van der Waals surface area contributed by atoms with E-state index in [4.69, 9.17) is 9.15 Å². The van der Waals surface area contributed by atoms with Crippen LogP contribution >= 0.6 is 24.0 Å². The van der Waals surface area contributed by atoms with Gasteiger partial charge in [0.2, 0.25) is 0 Å². The fourth-order valence-electron chi connectivity index (χ4n) is 2.89. The topological polar surface area (TPSA) is 68.0 Å². The molecule has 0 aliphatic rings. The molecule has 6 nitrogen and oxygen atoms in total. The van der Waals surface area contributed by atoms with Gasteiger partial charge in [0, 0.05) is 24.5 Å². The van der Waals surface area contributed by atoms with Gasteiger partial charge in [-0.3, -0.25) is 4.99 Å². The van der Waals surface area contributed by atoms with Gasteiger partial charge in [0.1, 0.15) is 11.3 Å². The molecule has 162 valence electrons. The molecular formula is C21H24F2IN3O3. The maximum absolute atomic E-state index is 12.8. The summed E-state index contributed by atoms with van der Waals surface area (Å²) in [4.78, 5) is 4.15. The summed E-state index contributed by atoms with van der Waals surface area (Å²) >= 11 is 0. The van der Waals surface area contributed by atoms with E-state index in [1.54, 1.807) is 32.2 Å². The lowest BCUT2D eigenvalue weighted by molar-refractivity contribution is -0.0520. The summed E-state index contributed by atoms with van der Waals surface area (Å²) in [5, 5.41) is 7.25. The second-order valence-electron chi connectivity index (χ2n) is 6.09. The zero-order chi connectivity index (χ0) is 20.6. The SMILES string of the molecule is CCOc1cccc(CNC(=NC)NCc2cc3ccccc3o2)c1OC(F)F.I. The van der Waals surface area contributed by atoms with Crippen molar-refractivity contribution in [2.24, 2.45) is 4.99 Å². The highest BCUT2D eigenvalue weighted by molar-refractivity contribution is 14.0. The number of aliphatic imine (C=N–C) groups is 1. The third-order valence-corrected chi connectivity index (χ3v) is 4.14. The van der Waals surface area contributed by atoms with Crippen molar-refractivity contribution in [1.82, 2.24) is 10.6 Å². The molecule has 0 aliphatic heterocycles. The first-order valence-corrected chi connectivity index (χ1v) is 9.22. The molecule has 9 heteroatoms. The van der Waals surface area contributed by atoms with Gasteiger partial charge in [0.05, 0.1) is 13.2 Å². The Kier molecular flexibility index (Phi) is 9.15. The second kappa shape index (κ2) is 11.6. The third-order valence-electron chi connectivity index (χ3n) is 4.14. The van der Waals surface area contributed by atoms with Crippen LogP contribution in [0.2, 0.25) is 0 Å². The van der Waals surface area contributed by atoms with Crippen LogP contribution in [-0.4, -0.2) is 26.2 Å². The maximum atomic E-state index is 12.8. The van der Waals surface area contributed by atoms with E-state index >= 15 is 0 Å². The lowest BCUT2D eigenvalue weighted by Crippen LogP contribution is -2.36. The number of para-hydroxylation sites is 2. The van der Waals surface area contributed by atoms with E-state index in [2.05, 4.69) is 20.4 Å². The molecule has 0 radical (unpaired) electrons. The van der Waals surface area contributed by atoms with E-state index in [1.165, 1.54) is 0 Å². The number of nitrogens with one attached hydrogen (secondary N) is 2. The van der Waals surface area contributed by atoms with Crippen LogP contribution in [0.1, 0.15) is 18.2 Å². The highest BCUT2D eigenvalue weighted by atomic mass is 127. The predicted octanol–water partition coefficient (Wildman–Crippen LogP) is 4.92. The number of hydrogen-bond acceptors (Lipinski definition) is 4. The Bertz CT molecular complexity index is 946. The number of rotatable bonds is 8. The molecule has 2 aromatic carbocycles. The molecule has 0 fully saturated rings. The van der Waals surface area contributed by atoms with Gasteiger partial charge in [0.15, 0.2) is 17.5 Å². The van der Waals surface area contributed by atoms with Crippen molar-refractivity contribution in [2.75, 3.05) is 13.7 Å². The highest BCUT2D eigenvalue weighted by Crippen LogP contribution is 2.32. The summed E-state index contributed by atoms with van der Waals surface area (Å²) in [5.74, 6) is 1.55. The Hall–Kier alpha value is -2.56. The summed E-state index contributed by atoms with van der Waals surface area (Å²) in [5.41, 5.74) is 1.34. The number of alkyl halides is 2. The summed E-state index contributed by atoms with van der Waals surface area (Å²) in [6, 6.07) is 14.7. The van der Waals surface area contributed by atoms with Crippen molar-refractivity contribution in [2.45, 2.75) is 26.6 Å². The molecule has 0 atom stereocenters.